The summed E-state index contributed by atoms with van der Waals surface area (Å²) in [5.74, 6) is 0.575. The first-order valence-corrected chi connectivity index (χ1v) is 4.66. The fourth-order valence-electron chi connectivity index (χ4n) is 1.26. The number of aromatic nitrogens is 2. The average Bonchev–Trinajstić information content (AvgIpc) is 2.25. The van der Waals surface area contributed by atoms with Crippen molar-refractivity contribution in [2.24, 2.45) is 0 Å². The summed E-state index contributed by atoms with van der Waals surface area (Å²) >= 11 is 0. The number of hydrogen-bond acceptors (Lipinski definition) is 4. The van der Waals surface area contributed by atoms with Gasteiger partial charge in [0.15, 0.2) is 0 Å². The Kier molecular flexibility index (Phi) is 2.49. The van der Waals surface area contributed by atoms with E-state index in [1.807, 2.05) is 25.1 Å². The van der Waals surface area contributed by atoms with Crippen LogP contribution in [0.4, 0.5) is 17.3 Å². The molecule has 4 heteroatoms. The second-order valence-electron chi connectivity index (χ2n) is 3.27. The van der Waals surface area contributed by atoms with Gasteiger partial charge >= 0.3 is 0 Å². The summed E-state index contributed by atoms with van der Waals surface area (Å²) in [5.41, 5.74) is 8.46. The molecule has 0 saturated carbocycles. The molecule has 0 unspecified atom stereocenters. The normalized spacial score (nSPS) is 9.93. The standard InChI is InChI=1S/C11H12N4/c1-8-3-4-9(12)7-10(8)15-11-13-5-2-6-14-11/h2-7H,12H2,1H3,(H,13,14,15). The Bertz CT molecular complexity index is 453. The zero-order valence-corrected chi connectivity index (χ0v) is 8.44. The highest BCUT2D eigenvalue weighted by Crippen LogP contribution is 2.20. The summed E-state index contributed by atoms with van der Waals surface area (Å²) in [6.07, 6.45) is 3.38. The maximum absolute atomic E-state index is 5.70. The molecule has 0 aliphatic carbocycles. The first-order chi connectivity index (χ1) is 7.25. The molecule has 0 atom stereocenters. The van der Waals surface area contributed by atoms with Gasteiger partial charge in [0.2, 0.25) is 5.95 Å². The fourth-order valence-corrected chi connectivity index (χ4v) is 1.26. The summed E-state index contributed by atoms with van der Waals surface area (Å²) < 4.78 is 0. The number of rotatable bonds is 2. The third kappa shape index (κ3) is 2.22. The van der Waals surface area contributed by atoms with E-state index < -0.39 is 0 Å². The van der Waals surface area contributed by atoms with Gasteiger partial charge in [0.25, 0.3) is 0 Å². The van der Waals surface area contributed by atoms with Crippen LogP contribution in [-0.4, -0.2) is 9.97 Å². The molecular formula is C11H12N4. The zero-order valence-electron chi connectivity index (χ0n) is 8.44. The van der Waals surface area contributed by atoms with Crippen LogP contribution >= 0.6 is 0 Å². The monoisotopic (exact) mass is 200 g/mol. The molecule has 2 aromatic rings. The predicted octanol–water partition coefficient (Wildman–Crippen LogP) is 2.11. The smallest absolute Gasteiger partial charge is 0.227 e. The van der Waals surface area contributed by atoms with Crippen LogP contribution in [0.1, 0.15) is 5.56 Å². The largest absolute Gasteiger partial charge is 0.399 e. The van der Waals surface area contributed by atoms with Gasteiger partial charge in [-0.15, -0.1) is 0 Å². The zero-order chi connectivity index (χ0) is 10.7. The Hall–Kier alpha value is -2.10. The molecule has 0 bridgehead atoms. The van der Waals surface area contributed by atoms with E-state index in [1.165, 1.54) is 0 Å². The highest BCUT2D eigenvalue weighted by Gasteiger charge is 2.00. The number of nitrogens with two attached hydrogens (primary N) is 1. The van der Waals surface area contributed by atoms with Crippen LogP contribution < -0.4 is 11.1 Å². The maximum Gasteiger partial charge on any atom is 0.227 e. The number of nitrogens with one attached hydrogen (secondary N) is 1. The Balaban J connectivity index is 2.28. The molecule has 76 valence electrons. The summed E-state index contributed by atoms with van der Waals surface area (Å²) in [6.45, 7) is 2.00. The second kappa shape index (κ2) is 3.96. The van der Waals surface area contributed by atoms with Crippen LogP contribution in [0.3, 0.4) is 0 Å². The quantitative estimate of drug-likeness (QED) is 0.729. The van der Waals surface area contributed by atoms with Crippen molar-refractivity contribution in [3.8, 4) is 0 Å². The fraction of sp³-hybridized carbons (Fsp3) is 0.0909. The van der Waals surface area contributed by atoms with Gasteiger partial charge in [-0.05, 0) is 30.7 Å². The van der Waals surface area contributed by atoms with Gasteiger partial charge in [0.1, 0.15) is 0 Å². The molecule has 4 nitrogen and oxygen atoms in total. The van der Waals surface area contributed by atoms with Crippen molar-refractivity contribution in [2.45, 2.75) is 6.92 Å². The molecule has 0 saturated heterocycles. The molecule has 1 heterocycles. The first kappa shape index (κ1) is 9.45. The van der Waals surface area contributed by atoms with Gasteiger partial charge in [-0.25, -0.2) is 9.97 Å². The molecule has 0 spiro atoms. The van der Waals surface area contributed by atoms with E-state index in [2.05, 4.69) is 15.3 Å². The highest BCUT2D eigenvalue weighted by atomic mass is 15.1. The van der Waals surface area contributed by atoms with Gasteiger partial charge < -0.3 is 11.1 Å². The van der Waals surface area contributed by atoms with Crippen LogP contribution in [0.15, 0.2) is 36.7 Å². The molecule has 1 aromatic carbocycles. The maximum atomic E-state index is 5.70. The van der Waals surface area contributed by atoms with Crippen LogP contribution in [-0.2, 0) is 0 Å². The lowest BCUT2D eigenvalue weighted by Crippen LogP contribution is -1.98. The van der Waals surface area contributed by atoms with E-state index in [9.17, 15) is 0 Å². The van der Waals surface area contributed by atoms with Crippen molar-refractivity contribution in [1.82, 2.24) is 9.97 Å². The number of anilines is 3. The highest BCUT2D eigenvalue weighted by molar-refractivity contribution is 5.63. The lowest BCUT2D eigenvalue weighted by molar-refractivity contribution is 1.16. The van der Waals surface area contributed by atoms with E-state index in [1.54, 1.807) is 18.5 Å². The molecule has 0 amide bonds. The molecular weight excluding hydrogens is 188 g/mol. The van der Waals surface area contributed by atoms with E-state index >= 15 is 0 Å². The van der Waals surface area contributed by atoms with Gasteiger partial charge in [-0.2, -0.15) is 0 Å². The average molecular weight is 200 g/mol. The van der Waals surface area contributed by atoms with Crippen molar-refractivity contribution in [3.05, 3.63) is 42.2 Å². The third-order valence-electron chi connectivity index (χ3n) is 2.07. The van der Waals surface area contributed by atoms with Crippen LogP contribution in [0.25, 0.3) is 0 Å². The van der Waals surface area contributed by atoms with Crippen molar-refractivity contribution in [2.75, 3.05) is 11.1 Å². The van der Waals surface area contributed by atoms with Crippen molar-refractivity contribution in [1.29, 1.82) is 0 Å². The van der Waals surface area contributed by atoms with E-state index in [-0.39, 0.29) is 0 Å². The van der Waals surface area contributed by atoms with Gasteiger partial charge in [-0.1, -0.05) is 6.07 Å². The predicted molar refractivity (Wildman–Crippen MR) is 60.9 cm³/mol. The van der Waals surface area contributed by atoms with E-state index in [0.717, 1.165) is 16.9 Å². The Morgan fingerprint density at radius 1 is 1.20 bits per heavy atom. The topological polar surface area (TPSA) is 63.8 Å². The van der Waals surface area contributed by atoms with Crippen LogP contribution in [0, 0.1) is 6.92 Å². The SMILES string of the molecule is Cc1ccc(N)cc1Nc1ncccn1. The van der Waals surface area contributed by atoms with E-state index in [0.29, 0.717) is 5.95 Å². The third-order valence-corrected chi connectivity index (χ3v) is 2.07. The van der Waals surface area contributed by atoms with E-state index in [4.69, 9.17) is 5.73 Å². The number of nitrogens with zero attached hydrogens (tertiary/aromatic N) is 2. The van der Waals surface area contributed by atoms with Crippen molar-refractivity contribution < 1.29 is 0 Å². The molecule has 0 radical (unpaired) electrons. The second-order valence-corrected chi connectivity index (χ2v) is 3.27. The number of benzene rings is 1. The molecule has 0 aliphatic heterocycles. The number of hydrogen-bond donors (Lipinski definition) is 2. The molecule has 2 rings (SSSR count). The van der Waals surface area contributed by atoms with Gasteiger partial charge in [0, 0.05) is 23.8 Å². The molecule has 3 N–H and O–H groups in total. The van der Waals surface area contributed by atoms with Crippen molar-refractivity contribution in [3.63, 3.8) is 0 Å². The minimum atomic E-state index is 0.575. The summed E-state index contributed by atoms with van der Waals surface area (Å²) in [4.78, 5) is 8.16. The lowest BCUT2D eigenvalue weighted by atomic mass is 10.2. The molecule has 1 aromatic heterocycles. The minimum Gasteiger partial charge on any atom is -0.399 e. The minimum absolute atomic E-state index is 0.575. The lowest BCUT2D eigenvalue weighted by Gasteiger charge is -2.08. The Morgan fingerprint density at radius 2 is 1.93 bits per heavy atom. The summed E-state index contributed by atoms with van der Waals surface area (Å²) in [6, 6.07) is 7.47. The Labute approximate surface area is 88.2 Å². The first-order valence-electron chi connectivity index (χ1n) is 4.66. The van der Waals surface area contributed by atoms with Crippen LogP contribution in [0.5, 0.6) is 0 Å². The molecule has 0 aliphatic rings. The van der Waals surface area contributed by atoms with Crippen molar-refractivity contribution >= 4 is 17.3 Å². The molecule has 0 fully saturated rings. The summed E-state index contributed by atoms with van der Waals surface area (Å²) in [7, 11) is 0. The molecule has 15 heavy (non-hydrogen) atoms. The Morgan fingerprint density at radius 3 is 2.67 bits per heavy atom. The summed E-state index contributed by atoms with van der Waals surface area (Å²) in [5, 5.41) is 3.11. The number of aryl methyl sites for hydroxylation is 1. The van der Waals surface area contributed by atoms with Crippen LogP contribution in [0.2, 0.25) is 0 Å². The van der Waals surface area contributed by atoms with Gasteiger partial charge in [-0.3, -0.25) is 0 Å². The van der Waals surface area contributed by atoms with Gasteiger partial charge in [0.05, 0.1) is 0 Å². The number of nitrogen functional groups attached to an aromatic ring is 1.